The van der Waals surface area contributed by atoms with Crippen LogP contribution in [0.2, 0.25) is 0 Å². The van der Waals surface area contributed by atoms with Gasteiger partial charge in [0.25, 0.3) is 0 Å². The number of esters is 1. The molecule has 0 saturated carbocycles. The molecule has 1 aliphatic heterocycles. The van der Waals surface area contributed by atoms with E-state index in [1.807, 2.05) is 31.2 Å². The van der Waals surface area contributed by atoms with E-state index in [0.717, 1.165) is 39.3 Å². The number of aryl methyl sites for hydroxylation is 1. The number of aromatic nitrogens is 2. The first-order chi connectivity index (χ1) is 17.9. The molecule has 0 bridgehead atoms. The van der Waals surface area contributed by atoms with Crippen LogP contribution in [0, 0.1) is 12.7 Å². The van der Waals surface area contributed by atoms with Crippen molar-refractivity contribution in [2.24, 2.45) is 0 Å². The second-order valence-electron chi connectivity index (χ2n) is 11.7. The second kappa shape index (κ2) is 9.43. The van der Waals surface area contributed by atoms with Gasteiger partial charge in [0.2, 0.25) is 0 Å². The summed E-state index contributed by atoms with van der Waals surface area (Å²) in [5.74, 6) is 0.0841. The average molecular weight is 513 g/mol. The van der Waals surface area contributed by atoms with E-state index in [2.05, 4.69) is 51.9 Å². The summed E-state index contributed by atoms with van der Waals surface area (Å²) in [6.45, 7) is 13.5. The number of carbonyl (C=O) groups is 1. The van der Waals surface area contributed by atoms with Crippen molar-refractivity contribution in [1.82, 2.24) is 9.78 Å². The summed E-state index contributed by atoms with van der Waals surface area (Å²) >= 11 is 0. The molecule has 0 fully saturated rings. The molecule has 2 heterocycles. The Morgan fingerprint density at radius 2 is 1.74 bits per heavy atom. The zero-order valence-corrected chi connectivity index (χ0v) is 22.8. The van der Waals surface area contributed by atoms with Gasteiger partial charge in [-0.3, -0.25) is 0 Å². The molecule has 196 valence electrons. The lowest BCUT2D eigenvalue weighted by molar-refractivity contribution is 0.0465. The first-order valence-corrected chi connectivity index (χ1v) is 12.8. The molecule has 38 heavy (non-hydrogen) atoms. The molecule has 4 aromatic rings. The van der Waals surface area contributed by atoms with Gasteiger partial charge in [0.15, 0.2) is 5.69 Å². The number of carbonyl (C=O) groups excluding carboxylic acids is 1. The zero-order chi connectivity index (χ0) is 27.2. The topological polar surface area (TPSA) is 53.4 Å². The van der Waals surface area contributed by atoms with Gasteiger partial charge in [-0.15, -0.1) is 0 Å². The molecule has 1 aliphatic rings. The van der Waals surface area contributed by atoms with Crippen LogP contribution in [0.4, 0.5) is 4.39 Å². The van der Waals surface area contributed by atoms with Crippen LogP contribution in [0.15, 0.2) is 66.7 Å². The van der Waals surface area contributed by atoms with Crippen molar-refractivity contribution in [3.05, 3.63) is 100 Å². The van der Waals surface area contributed by atoms with Gasteiger partial charge in [-0.25, -0.2) is 13.9 Å². The maximum Gasteiger partial charge on any atom is 0.359 e. The van der Waals surface area contributed by atoms with Crippen molar-refractivity contribution in [3.63, 3.8) is 0 Å². The zero-order valence-electron chi connectivity index (χ0n) is 22.8. The van der Waals surface area contributed by atoms with Gasteiger partial charge < -0.3 is 9.47 Å². The molecule has 0 radical (unpaired) electrons. The number of hydrogen-bond donors (Lipinski definition) is 0. The summed E-state index contributed by atoms with van der Waals surface area (Å²) in [4.78, 5) is 13.2. The lowest BCUT2D eigenvalue weighted by atomic mass is 9.79. The van der Waals surface area contributed by atoms with Crippen LogP contribution in [-0.4, -0.2) is 22.4 Å². The fourth-order valence-electron chi connectivity index (χ4n) is 4.73. The lowest BCUT2D eigenvalue weighted by Gasteiger charge is -2.24. The van der Waals surface area contributed by atoms with Crippen LogP contribution in [0.5, 0.6) is 5.75 Å². The molecule has 0 aliphatic carbocycles. The summed E-state index contributed by atoms with van der Waals surface area (Å²) in [6, 6.07) is 19.9. The van der Waals surface area contributed by atoms with Crippen LogP contribution in [0.1, 0.15) is 67.4 Å². The summed E-state index contributed by atoms with van der Waals surface area (Å²) in [5, 5.41) is 4.56. The quantitative estimate of drug-likeness (QED) is 0.263. The third-order valence-corrected chi connectivity index (χ3v) is 6.97. The summed E-state index contributed by atoms with van der Waals surface area (Å²) in [5.41, 5.74) is 6.48. The van der Waals surface area contributed by atoms with Crippen molar-refractivity contribution in [2.45, 2.75) is 59.0 Å². The smallest absolute Gasteiger partial charge is 0.359 e. The number of hydrogen-bond acceptors (Lipinski definition) is 4. The number of ether oxygens (including phenoxy) is 2. The SMILES string of the molecule is Cc1ccc(-c2cc(C(=O)OCc3cc(C(C)(C)C)c4c(c3)C(C)(C)CO4)nn2-c2ccc(F)cc2)cc1. The van der Waals surface area contributed by atoms with Crippen LogP contribution < -0.4 is 4.74 Å². The minimum atomic E-state index is -0.521. The molecule has 5 nitrogen and oxygen atoms in total. The van der Waals surface area contributed by atoms with E-state index in [4.69, 9.17) is 9.47 Å². The van der Waals surface area contributed by atoms with E-state index in [1.165, 1.54) is 12.1 Å². The van der Waals surface area contributed by atoms with E-state index in [1.54, 1.807) is 22.9 Å². The third kappa shape index (κ3) is 4.95. The molecule has 0 amide bonds. The van der Waals surface area contributed by atoms with Crippen molar-refractivity contribution >= 4 is 5.97 Å². The number of fused-ring (bicyclic) bond motifs is 1. The van der Waals surface area contributed by atoms with Crippen molar-refractivity contribution in [3.8, 4) is 22.7 Å². The fourth-order valence-corrected chi connectivity index (χ4v) is 4.73. The van der Waals surface area contributed by atoms with E-state index in [-0.39, 0.29) is 28.9 Å². The van der Waals surface area contributed by atoms with Crippen LogP contribution >= 0.6 is 0 Å². The molecule has 5 rings (SSSR count). The molecular formula is C32H33FN2O3. The first-order valence-electron chi connectivity index (χ1n) is 12.8. The highest BCUT2D eigenvalue weighted by Crippen LogP contribution is 2.45. The molecule has 0 atom stereocenters. The van der Waals surface area contributed by atoms with Gasteiger partial charge in [-0.1, -0.05) is 64.4 Å². The van der Waals surface area contributed by atoms with Gasteiger partial charge >= 0.3 is 5.97 Å². The van der Waals surface area contributed by atoms with Crippen molar-refractivity contribution in [2.75, 3.05) is 6.61 Å². The first kappa shape index (κ1) is 25.7. The Bertz CT molecular complexity index is 1430. The van der Waals surface area contributed by atoms with Crippen molar-refractivity contribution < 1.29 is 18.7 Å². The number of benzene rings is 3. The Morgan fingerprint density at radius 1 is 1.05 bits per heavy atom. The maximum atomic E-state index is 13.6. The molecule has 0 spiro atoms. The Balaban J connectivity index is 1.46. The highest BCUT2D eigenvalue weighted by atomic mass is 19.1. The molecule has 0 N–H and O–H groups in total. The Morgan fingerprint density at radius 3 is 2.39 bits per heavy atom. The number of nitrogens with zero attached hydrogens (tertiary/aromatic N) is 2. The monoisotopic (exact) mass is 512 g/mol. The molecular weight excluding hydrogens is 479 g/mol. The van der Waals surface area contributed by atoms with E-state index >= 15 is 0 Å². The van der Waals surface area contributed by atoms with E-state index in [9.17, 15) is 9.18 Å². The highest BCUT2D eigenvalue weighted by Gasteiger charge is 2.36. The Kier molecular flexibility index (Phi) is 6.38. The van der Waals surface area contributed by atoms with E-state index in [0.29, 0.717) is 12.3 Å². The predicted octanol–water partition coefficient (Wildman–Crippen LogP) is 7.31. The average Bonchev–Trinajstić information content (AvgIpc) is 3.44. The second-order valence-corrected chi connectivity index (χ2v) is 11.7. The maximum absolute atomic E-state index is 13.6. The molecule has 6 heteroatoms. The Hall–Kier alpha value is -3.93. The summed E-state index contributed by atoms with van der Waals surface area (Å²) < 4.78 is 27.1. The van der Waals surface area contributed by atoms with Crippen molar-refractivity contribution in [1.29, 1.82) is 0 Å². The molecule has 0 saturated heterocycles. The van der Waals surface area contributed by atoms with Gasteiger partial charge in [-0.2, -0.15) is 5.10 Å². The van der Waals surface area contributed by atoms with Gasteiger partial charge in [0, 0.05) is 22.1 Å². The summed E-state index contributed by atoms with van der Waals surface area (Å²) in [7, 11) is 0. The van der Waals surface area contributed by atoms with Crippen LogP contribution in [0.25, 0.3) is 16.9 Å². The fraction of sp³-hybridized carbons (Fsp3) is 0.312. The molecule has 0 unspecified atom stereocenters. The number of halogens is 1. The van der Waals surface area contributed by atoms with E-state index < -0.39 is 5.97 Å². The van der Waals surface area contributed by atoms with Crippen LogP contribution in [-0.2, 0) is 22.2 Å². The van der Waals surface area contributed by atoms with Gasteiger partial charge in [0.05, 0.1) is 18.0 Å². The van der Waals surface area contributed by atoms with Crippen LogP contribution in [0.3, 0.4) is 0 Å². The van der Waals surface area contributed by atoms with Gasteiger partial charge in [-0.05, 0) is 60.4 Å². The minimum Gasteiger partial charge on any atom is -0.492 e. The van der Waals surface area contributed by atoms with Gasteiger partial charge in [0.1, 0.15) is 18.2 Å². The summed E-state index contributed by atoms with van der Waals surface area (Å²) in [6.07, 6.45) is 0. The minimum absolute atomic E-state index is 0.119. The molecule has 1 aromatic heterocycles. The third-order valence-electron chi connectivity index (χ3n) is 6.97. The normalized spacial score (nSPS) is 14.2. The highest BCUT2D eigenvalue weighted by molar-refractivity contribution is 5.89. The molecule has 3 aromatic carbocycles. The predicted molar refractivity (Wildman–Crippen MR) is 146 cm³/mol. The standard InChI is InChI=1S/C32H33FN2O3/c1-20-7-9-22(10-8-20)28-17-27(34-35(28)24-13-11-23(33)12-14-24)30(36)37-18-21-15-25(31(2,3)4)29-26(16-21)32(5,6)19-38-29/h7-17H,18-19H2,1-6H3. The number of rotatable bonds is 5. The largest absolute Gasteiger partial charge is 0.492 e. The Labute approximate surface area is 223 Å². The lowest BCUT2D eigenvalue weighted by Crippen LogP contribution is -2.18.